The second-order valence-electron chi connectivity index (χ2n) is 6.43. The molecule has 0 atom stereocenters. The van der Waals surface area contributed by atoms with Crippen molar-refractivity contribution in [1.29, 1.82) is 0 Å². The summed E-state index contributed by atoms with van der Waals surface area (Å²) in [6, 6.07) is 8.10. The molecule has 0 saturated heterocycles. The Balaban J connectivity index is 2.16. The molecule has 20 heavy (non-hydrogen) atoms. The predicted molar refractivity (Wildman–Crippen MR) is 82.0 cm³/mol. The fourth-order valence-electron chi connectivity index (χ4n) is 1.82. The molecule has 4 nitrogen and oxygen atoms in total. The Morgan fingerprint density at radius 1 is 1.20 bits per heavy atom. The molecule has 4 heteroatoms. The van der Waals surface area contributed by atoms with E-state index in [1.165, 1.54) is 0 Å². The third-order valence-corrected chi connectivity index (χ3v) is 3.03. The second-order valence-corrected chi connectivity index (χ2v) is 6.43. The molecule has 0 unspecified atom stereocenters. The Hall–Kier alpha value is -1.68. The second kappa shape index (κ2) is 5.75. The molecule has 0 aromatic carbocycles. The standard InChI is InChI=1S/C16H24N4/c1-12(2)14-9-10-20(19-14)15-8-6-7-13(18-15)11-17-16(3,4)5/h6-10,12,17H,11H2,1-5H3. The lowest BCUT2D eigenvalue weighted by atomic mass is 10.1. The van der Waals surface area contributed by atoms with Gasteiger partial charge in [-0.1, -0.05) is 19.9 Å². The van der Waals surface area contributed by atoms with Crippen LogP contribution in [0, 0.1) is 0 Å². The molecule has 0 aliphatic heterocycles. The predicted octanol–water partition coefficient (Wildman–Crippen LogP) is 3.28. The van der Waals surface area contributed by atoms with E-state index in [9.17, 15) is 0 Å². The Morgan fingerprint density at radius 2 is 1.95 bits per heavy atom. The average Bonchev–Trinajstić information content (AvgIpc) is 2.86. The van der Waals surface area contributed by atoms with Crippen molar-refractivity contribution in [1.82, 2.24) is 20.1 Å². The molecule has 0 aliphatic rings. The molecule has 1 N–H and O–H groups in total. The zero-order valence-corrected chi connectivity index (χ0v) is 13.0. The number of nitrogens with one attached hydrogen (secondary N) is 1. The van der Waals surface area contributed by atoms with Gasteiger partial charge in [-0.3, -0.25) is 0 Å². The van der Waals surface area contributed by atoms with Crippen molar-refractivity contribution in [2.45, 2.75) is 52.6 Å². The molecular formula is C16H24N4. The summed E-state index contributed by atoms with van der Waals surface area (Å²) in [5.41, 5.74) is 2.21. The van der Waals surface area contributed by atoms with Crippen LogP contribution in [-0.2, 0) is 6.54 Å². The van der Waals surface area contributed by atoms with Gasteiger partial charge in [0.1, 0.15) is 0 Å². The van der Waals surface area contributed by atoms with Crippen LogP contribution < -0.4 is 5.32 Å². The molecule has 0 saturated carbocycles. The van der Waals surface area contributed by atoms with E-state index in [1.807, 2.05) is 35.1 Å². The number of aromatic nitrogens is 3. The summed E-state index contributed by atoms with van der Waals surface area (Å²) in [4.78, 5) is 4.66. The van der Waals surface area contributed by atoms with Gasteiger partial charge in [-0.25, -0.2) is 9.67 Å². The van der Waals surface area contributed by atoms with E-state index in [0.717, 1.165) is 23.8 Å². The highest BCUT2D eigenvalue weighted by Crippen LogP contribution is 2.13. The van der Waals surface area contributed by atoms with E-state index in [1.54, 1.807) is 0 Å². The lowest BCUT2D eigenvalue weighted by Gasteiger charge is -2.20. The SMILES string of the molecule is CC(C)c1ccn(-c2cccc(CNC(C)(C)C)n2)n1. The van der Waals surface area contributed by atoms with E-state index in [2.05, 4.69) is 50.0 Å². The van der Waals surface area contributed by atoms with Crippen LogP contribution in [0.15, 0.2) is 30.5 Å². The minimum absolute atomic E-state index is 0.0915. The van der Waals surface area contributed by atoms with Crippen molar-refractivity contribution >= 4 is 0 Å². The zero-order valence-electron chi connectivity index (χ0n) is 13.0. The van der Waals surface area contributed by atoms with Crippen LogP contribution >= 0.6 is 0 Å². The fraction of sp³-hybridized carbons (Fsp3) is 0.500. The third kappa shape index (κ3) is 3.90. The third-order valence-electron chi connectivity index (χ3n) is 3.03. The number of rotatable bonds is 4. The summed E-state index contributed by atoms with van der Waals surface area (Å²) in [5, 5.41) is 8.01. The summed E-state index contributed by atoms with van der Waals surface area (Å²) in [6.45, 7) is 11.5. The molecule has 2 rings (SSSR count). The first-order valence-electron chi connectivity index (χ1n) is 7.12. The van der Waals surface area contributed by atoms with Crippen LogP contribution in [0.25, 0.3) is 5.82 Å². The molecule has 2 heterocycles. The van der Waals surface area contributed by atoms with Crippen molar-refractivity contribution in [2.24, 2.45) is 0 Å². The van der Waals surface area contributed by atoms with Gasteiger partial charge in [0.15, 0.2) is 5.82 Å². The zero-order chi connectivity index (χ0) is 14.8. The van der Waals surface area contributed by atoms with Crippen molar-refractivity contribution in [2.75, 3.05) is 0 Å². The maximum atomic E-state index is 4.66. The molecule has 2 aromatic heterocycles. The summed E-state index contributed by atoms with van der Waals surface area (Å²) in [5.74, 6) is 1.30. The average molecular weight is 272 g/mol. The number of hydrogen-bond donors (Lipinski definition) is 1. The topological polar surface area (TPSA) is 42.7 Å². The molecule has 0 aliphatic carbocycles. The molecule has 0 radical (unpaired) electrons. The molecule has 2 aromatic rings. The van der Waals surface area contributed by atoms with Crippen molar-refractivity contribution < 1.29 is 0 Å². The fourth-order valence-corrected chi connectivity index (χ4v) is 1.82. The maximum absolute atomic E-state index is 4.66. The van der Waals surface area contributed by atoms with Gasteiger partial charge in [0.05, 0.1) is 11.4 Å². The number of nitrogens with zero attached hydrogens (tertiary/aromatic N) is 3. The molecule has 0 amide bonds. The van der Waals surface area contributed by atoms with E-state index in [0.29, 0.717) is 5.92 Å². The van der Waals surface area contributed by atoms with Gasteiger partial charge in [0.2, 0.25) is 0 Å². The van der Waals surface area contributed by atoms with E-state index >= 15 is 0 Å². The minimum Gasteiger partial charge on any atom is -0.306 e. The van der Waals surface area contributed by atoms with E-state index < -0.39 is 0 Å². The monoisotopic (exact) mass is 272 g/mol. The van der Waals surface area contributed by atoms with Crippen molar-refractivity contribution in [3.05, 3.63) is 41.9 Å². The van der Waals surface area contributed by atoms with Gasteiger partial charge in [0, 0.05) is 18.3 Å². The first-order valence-corrected chi connectivity index (χ1v) is 7.12. The van der Waals surface area contributed by atoms with Crippen LogP contribution in [0.5, 0.6) is 0 Å². The molecule has 0 bridgehead atoms. The van der Waals surface area contributed by atoms with Crippen LogP contribution in [0.3, 0.4) is 0 Å². The van der Waals surface area contributed by atoms with Crippen molar-refractivity contribution in [3.8, 4) is 5.82 Å². The lowest BCUT2D eigenvalue weighted by Crippen LogP contribution is -2.35. The summed E-state index contributed by atoms with van der Waals surface area (Å²) in [6.07, 6.45) is 1.97. The van der Waals surface area contributed by atoms with Gasteiger partial charge in [-0.15, -0.1) is 0 Å². The van der Waals surface area contributed by atoms with Crippen LogP contribution in [0.2, 0.25) is 0 Å². The van der Waals surface area contributed by atoms with Gasteiger partial charge >= 0.3 is 0 Å². The Bertz CT molecular complexity index is 564. The highest BCUT2D eigenvalue weighted by atomic mass is 15.3. The van der Waals surface area contributed by atoms with Crippen LogP contribution in [0.4, 0.5) is 0 Å². The molecule has 108 valence electrons. The molecule has 0 fully saturated rings. The first kappa shape index (κ1) is 14.7. The summed E-state index contributed by atoms with van der Waals surface area (Å²) >= 11 is 0. The minimum atomic E-state index is 0.0915. The van der Waals surface area contributed by atoms with Crippen molar-refractivity contribution in [3.63, 3.8) is 0 Å². The lowest BCUT2D eigenvalue weighted by molar-refractivity contribution is 0.421. The summed E-state index contributed by atoms with van der Waals surface area (Å²) < 4.78 is 1.84. The molecular weight excluding hydrogens is 248 g/mol. The summed E-state index contributed by atoms with van der Waals surface area (Å²) in [7, 11) is 0. The Labute approximate surface area is 121 Å². The quantitative estimate of drug-likeness (QED) is 0.928. The van der Waals surface area contributed by atoms with E-state index in [4.69, 9.17) is 0 Å². The smallest absolute Gasteiger partial charge is 0.153 e. The van der Waals surface area contributed by atoms with Gasteiger partial charge in [-0.2, -0.15) is 5.10 Å². The number of pyridine rings is 1. The highest BCUT2D eigenvalue weighted by molar-refractivity contribution is 5.25. The Morgan fingerprint density at radius 3 is 2.55 bits per heavy atom. The number of hydrogen-bond acceptors (Lipinski definition) is 3. The van der Waals surface area contributed by atoms with E-state index in [-0.39, 0.29) is 5.54 Å². The first-order chi connectivity index (χ1) is 9.35. The van der Waals surface area contributed by atoms with Gasteiger partial charge in [-0.05, 0) is 44.9 Å². The normalized spacial score (nSPS) is 12.1. The largest absolute Gasteiger partial charge is 0.306 e. The van der Waals surface area contributed by atoms with Crippen LogP contribution in [0.1, 0.15) is 51.9 Å². The maximum Gasteiger partial charge on any atom is 0.153 e. The van der Waals surface area contributed by atoms with Crippen LogP contribution in [-0.4, -0.2) is 20.3 Å². The highest BCUT2D eigenvalue weighted by Gasteiger charge is 2.10. The Kier molecular flexibility index (Phi) is 4.23. The van der Waals surface area contributed by atoms with Gasteiger partial charge in [0.25, 0.3) is 0 Å². The molecule has 0 spiro atoms. The van der Waals surface area contributed by atoms with Gasteiger partial charge < -0.3 is 5.32 Å².